The van der Waals surface area contributed by atoms with E-state index in [0.29, 0.717) is 5.11 Å². The lowest BCUT2D eigenvalue weighted by molar-refractivity contribution is 0.562. The summed E-state index contributed by atoms with van der Waals surface area (Å²) >= 11 is 5.71. The zero-order valence-corrected chi connectivity index (χ0v) is 17.0. The van der Waals surface area contributed by atoms with Crippen molar-refractivity contribution in [1.29, 1.82) is 0 Å². The van der Waals surface area contributed by atoms with Crippen molar-refractivity contribution in [3.05, 3.63) is 83.2 Å². The molecule has 0 saturated carbocycles. The molecule has 0 spiro atoms. The Morgan fingerprint density at radius 2 is 1.89 bits per heavy atom. The van der Waals surface area contributed by atoms with Gasteiger partial charge in [-0.15, -0.1) is 0 Å². The lowest BCUT2D eigenvalue weighted by Crippen LogP contribution is -2.29. The van der Waals surface area contributed by atoms with Crippen LogP contribution < -0.4 is 10.2 Å². The van der Waals surface area contributed by atoms with E-state index in [4.69, 9.17) is 12.2 Å². The quantitative estimate of drug-likeness (QED) is 0.642. The maximum absolute atomic E-state index is 13.5. The summed E-state index contributed by atoms with van der Waals surface area (Å²) in [5, 5.41) is 4.07. The number of halogens is 1. The molecule has 2 aromatic heterocycles. The van der Waals surface area contributed by atoms with Gasteiger partial charge < -0.3 is 14.8 Å². The van der Waals surface area contributed by atoms with Gasteiger partial charge in [-0.1, -0.05) is 6.07 Å². The normalized spacial score (nSPS) is 19.1. The van der Waals surface area contributed by atoms with Crippen molar-refractivity contribution >= 4 is 23.0 Å². The number of aryl methyl sites for hydroxylation is 1. The molecule has 0 amide bonds. The molecule has 2 atom stereocenters. The van der Waals surface area contributed by atoms with Crippen LogP contribution in [-0.2, 0) is 6.54 Å². The average molecular weight is 395 g/mol. The topological polar surface area (TPSA) is 33.1 Å². The zero-order chi connectivity index (χ0) is 19.8. The zero-order valence-electron chi connectivity index (χ0n) is 16.2. The van der Waals surface area contributed by atoms with E-state index in [1.54, 1.807) is 18.3 Å². The van der Waals surface area contributed by atoms with Crippen LogP contribution in [-0.4, -0.2) is 14.7 Å². The Morgan fingerprint density at radius 3 is 2.50 bits per heavy atom. The van der Waals surface area contributed by atoms with Gasteiger partial charge in [0, 0.05) is 29.8 Å². The van der Waals surface area contributed by atoms with Crippen molar-refractivity contribution in [1.82, 2.24) is 14.9 Å². The van der Waals surface area contributed by atoms with E-state index in [-0.39, 0.29) is 17.9 Å². The summed E-state index contributed by atoms with van der Waals surface area (Å²) in [5.41, 5.74) is 5.42. The fraction of sp³-hybridized carbons (Fsp3) is 0.273. The Hall–Kier alpha value is -2.73. The van der Waals surface area contributed by atoms with Gasteiger partial charge in [0.25, 0.3) is 0 Å². The summed E-state index contributed by atoms with van der Waals surface area (Å²) in [6, 6.07) is 14.5. The highest BCUT2D eigenvalue weighted by molar-refractivity contribution is 7.80. The molecule has 3 aromatic rings. The molecule has 28 heavy (non-hydrogen) atoms. The summed E-state index contributed by atoms with van der Waals surface area (Å²) in [5.74, 6) is -0.260. The van der Waals surface area contributed by atoms with Crippen LogP contribution in [0.25, 0.3) is 0 Å². The van der Waals surface area contributed by atoms with E-state index < -0.39 is 0 Å². The third-order valence-corrected chi connectivity index (χ3v) is 5.77. The molecular formula is C22H23FN4S. The average Bonchev–Trinajstić information content (AvgIpc) is 3.18. The van der Waals surface area contributed by atoms with Gasteiger partial charge in [-0.05, 0) is 81.0 Å². The Bertz CT molecular complexity index is 997. The smallest absolute Gasteiger partial charge is 0.174 e. The van der Waals surface area contributed by atoms with Crippen molar-refractivity contribution in [2.24, 2.45) is 0 Å². The third-order valence-electron chi connectivity index (χ3n) is 5.45. The van der Waals surface area contributed by atoms with Crippen LogP contribution in [0.3, 0.4) is 0 Å². The molecule has 0 bridgehead atoms. The molecule has 1 aliphatic heterocycles. The van der Waals surface area contributed by atoms with Gasteiger partial charge in [0.15, 0.2) is 5.11 Å². The second-order valence-corrected chi connectivity index (χ2v) is 7.43. The monoisotopic (exact) mass is 394 g/mol. The van der Waals surface area contributed by atoms with Crippen LogP contribution in [0.1, 0.15) is 41.7 Å². The molecule has 6 heteroatoms. The van der Waals surface area contributed by atoms with Crippen molar-refractivity contribution in [3.8, 4) is 0 Å². The highest BCUT2D eigenvalue weighted by Crippen LogP contribution is 2.43. The van der Waals surface area contributed by atoms with Gasteiger partial charge in [-0.25, -0.2) is 4.39 Å². The minimum atomic E-state index is -0.260. The van der Waals surface area contributed by atoms with E-state index in [0.717, 1.165) is 17.9 Å². The summed E-state index contributed by atoms with van der Waals surface area (Å²) < 4.78 is 15.8. The second-order valence-electron chi connectivity index (χ2n) is 7.04. The van der Waals surface area contributed by atoms with Crippen LogP contribution in [0.4, 0.5) is 10.1 Å². The lowest BCUT2D eigenvalue weighted by atomic mass is 9.96. The number of thiocarbonyl (C=S) groups is 1. The standard InChI is InChI=1S/C22H23FN4S/c1-4-26-14(2)13-18(15(26)3)21-20(19-7-5-6-12-24-19)25-22(28)27(21)17-10-8-16(23)9-11-17/h5-13,20-21H,4H2,1-3H3,(H,25,28)/t20-,21-/m0/s1. The molecule has 0 radical (unpaired) electrons. The maximum Gasteiger partial charge on any atom is 0.174 e. The van der Waals surface area contributed by atoms with Crippen LogP contribution in [0.15, 0.2) is 54.7 Å². The summed E-state index contributed by atoms with van der Waals surface area (Å²) in [4.78, 5) is 6.66. The van der Waals surface area contributed by atoms with Crippen molar-refractivity contribution in [2.45, 2.75) is 39.4 Å². The molecule has 1 fully saturated rings. The molecule has 1 N–H and O–H groups in total. The minimum Gasteiger partial charge on any atom is -0.351 e. The van der Waals surface area contributed by atoms with Crippen LogP contribution in [0.5, 0.6) is 0 Å². The number of nitrogens with zero attached hydrogens (tertiary/aromatic N) is 3. The van der Waals surface area contributed by atoms with Gasteiger partial charge >= 0.3 is 0 Å². The van der Waals surface area contributed by atoms with Crippen LogP contribution in [0.2, 0.25) is 0 Å². The number of hydrogen-bond donors (Lipinski definition) is 1. The Morgan fingerprint density at radius 1 is 1.14 bits per heavy atom. The number of nitrogens with one attached hydrogen (secondary N) is 1. The van der Waals surface area contributed by atoms with Gasteiger partial charge in [0.2, 0.25) is 0 Å². The molecule has 4 rings (SSSR count). The molecule has 1 aromatic carbocycles. The first-order valence-electron chi connectivity index (χ1n) is 9.44. The van der Waals surface area contributed by atoms with Gasteiger partial charge in [0.05, 0.1) is 17.8 Å². The molecule has 0 aliphatic carbocycles. The summed E-state index contributed by atoms with van der Waals surface area (Å²) in [6.45, 7) is 7.33. The van der Waals surface area contributed by atoms with Crippen LogP contribution in [0, 0.1) is 19.7 Å². The third kappa shape index (κ3) is 3.07. The van der Waals surface area contributed by atoms with E-state index in [2.05, 4.69) is 46.6 Å². The molecular weight excluding hydrogens is 371 g/mol. The van der Waals surface area contributed by atoms with Crippen LogP contribution >= 0.6 is 12.2 Å². The number of hydrogen-bond acceptors (Lipinski definition) is 2. The molecule has 1 aliphatic rings. The van der Waals surface area contributed by atoms with Gasteiger partial charge in [-0.2, -0.15) is 0 Å². The Balaban J connectivity index is 1.88. The molecule has 144 valence electrons. The highest BCUT2D eigenvalue weighted by Gasteiger charge is 2.42. The first kappa shape index (κ1) is 18.6. The van der Waals surface area contributed by atoms with E-state index in [9.17, 15) is 4.39 Å². The number of aromatic nitrogens is 2. The fourth-order valence-corrected chi connectivity index (χ4v) is 4.51. The maximum atomic E-state index is 13.5. The minimum absolute atomic E-state index is 0.0700. The first-order chi connectivity index (χ1) is 13.5. The number of rotatable bonds is 4. The number of benzene rings is 1. The first-order valence-corrected chi connectivity index (χ1v) is 9.85. The molecule has 1 saturated heterocycles. The summed E-state index contributed by atoms with van der Waals surface area (Å²) in [6.07, 6.45) is 1.80. The van der Waals surface area contributed by atoms with E-state index in [1.807, 2.05) is 18.2 Å². The predicted molar refractivity (Wildman–Crippen MR) is 114 cm³/mol. The Labute approximate surface area is 170 Å². The van der Waals surface area contributed by atoms with E-state index >= 15 is 0 Å². The Kier molecular flexibility index (Phi) is 4.89. The van der Waals surface area contributed by atoms with Crippen molar-refractivity contribution in [2.75, 3.05) is 4.90 Å². The number of anilines is 1. The predicted octanol–water partition coefficient (Wildman–Crippen LogP) is 4.84. The summed E-state index contributed by atoms with van der Waals surface area (Å²) in [7, 11) is 0. The fourth-order valence-electron chi connectivity index (χ4n) is 4.16. The van der Waals surface area contributed by atoms with Gasteiger partial charge in [-0.3, -0.25) is 4.98 Å². The van der Waals surface area contributed by atoms with E-state index in [1.165, 1.54) is 29.1 Å². The van der Waals surface area contributed by atoms with Crippen molar-refractivity contribution in [3.63, 3.8) is 0 Å². The largest absolute Gasteiger partial charge is 0.351 e. The number of pyridine rings is 1. The SMILES string of the molecule is CCn1c(C)cc([C@H]2[C@H](c3ccccn3)NC(=S)N2c2ccc(F)cc2)c1C. The molecule has 4 nitrogen and oxygen atoms in total. The van der Waals surface area contributed by atoms with Crippen molar-refractivity contribution < 1.29 is 4.39 Å². The molecule has 3 heterocycles. The molecule has 0 unspecified atom stereocenters. The van der Waals surface area contributed by atoms with Gasteiger partial charge in [0.1, 0.15) is 5.82 Å². The second kappa shape index (κ2) is 7.36. The highest BCUT2D eigenvalue weighted by atomic mass is 32.1. The lowest BCUT2D eigenvalue weighted by Gasteiger charge is -2.28.